The molecule has 0 aliphatic heterocycles. The predicted molar refractivity (Wildman–Crippen MR) is 64.7 cm³/mol. The van der Waals surface area contributed by atoms with Crippen LogP contribution in [0.3, 0.4) is 0 Å². The van der Waals surface area contributed by atoms with E-state index in [9.17, 15) is 0 Å². The highest BCUT2D eigenvalue weighted by atomic mass is 28.2. The zero-order valence-electron chi connectivity index (χ0n) is 7.15. The van der Waals surface area contributed by atoms with E-state index in [1.54, 1.807) is 20.7 Å². The molecule has 1 rings (SSSR count). The Morgan fingerprint density at radius 1 is 0.600 bits per heavy atom. The van der Waals surface area contributed by atoms with Crippen molar-refractivity contribution < 1.29 is 0 Å². The van der Waals surface area contributed by atoms with E-state index in [1.807, 2.05) is 0 Å². The maximum Gasteiger partial charge on any atom is 0.0382 e. The van der Waals surface area contributed by atoms with Gasteiger partial charge in [0.05, 0.1) is 0 Å². The molecule has 1 aromatic carbocycles. The molecule has 0 atom stereocenters. The molecule has 0 spiro atoms. The van der Waals surface area contributed by atoms with Crippen molar-refractivity contribution in [3.63, 3.8) is 0 Å². The second-order valence-corrected chi connectivity index (χ2v) is 7.33. The summed E-state index contributed by atoms with van der Waals surface area (Å²) in [6, 6.07) is 4.87. The Labute approximate surface area is 74.1 Å². The molecule has 0 fully saturated rings. The van der Waals surface area contributed by atoms with E-state index in [1.165, 1.54) is 41.0 Å². The first-order chi connectivity index (χ1) is 4.61. The van der Waals surface area contributed by atoms with E-state index in [4.69, 9.17) is 0 Å². The number of hydrogen-bond acceptors (Lipinski definition) is 0. The Morgan fingerprint density at radius 2 is 0.800 bits per heavy atom. The molecule has 4 heteroatoms. The second kappa shape index (κ2) is 3.00. The third-order valence-corrected chi connectivity index (χ3v) is 8.42. The van der Waals surface area contributed by atoms with Gasteiger partial charge in [0.15, 0.2) is 0 Å². The predicted octanol–water partition coefficient (Wildman–Crippen LogP) is -6.35. The smallest absolute Gasteiger partial charge is 0.0382 e. The van der Waals surface area contributed by atoms with E-state index < -0.39 is 0 Å². The zero-order valence-corrected chi connectivity index (χ0v) is 15.2. The molecular weight excluding hydrogens is 184 g/mol. The molecule has 54 valence electrons. The minimum absolute atomic E-state index is 1.24. The van der Waals surface area contributed by atoms with Crippen LogP contribution in [0.5, 0.6) is 0 Å². The van der Waals surface area contributed by atoms with Crippen LogP contribution < -0.4 is 20.7 Å². The van der Waals surface area contributed by atoms with Crippen molar-refractivity contribution >= 4 is 61.7 Å². The van der Waals surface area contributed by atoms with Crippen LogP contribution >= 0.6 is 0 Å². The fourth-order valence-electron chi connectivity index (χ4n) is 1.10. The third-order valence-electron chi connectivity index (χ3n) is 2.11. The van der Waals surface area contributed by atoms with Crippen LogP contribution in [0.25, 0.3) is 0 Å². The SMILES string of the molecule is [SiH3]c1cc([SiH3])c([SiH3])cc1[SiH3]. The highest BCUT2D eigenvalue weighted by Gasteiger charge is 1.94. The summed E-state index contributed by atoms with van der Waals surface area (Å²) in [6.07, 6.45) is 0. The van der Waals surface area contributed by atoms with Crippen LogP contribution in [-0.2, 0) is 0 Å². The van der Waals surface area contributed by atoms with Gasteiger partial charge in [-0.2, -0.15) is 0 Å². The van der Waals surface area contributed by atoms with Gasteiger partial charge in [0.25, 0.3) is 0 Å². The average molecular weight is 199 g/mol. The third kappa shape index (κ3) is 1.57. The maximum absolute atomic E-state index is 2.43. The van der Waals surface area contributed by atoms with Gasteiger partial charge in [-0.25, -0.2) is 0 Å². The summed E-state index contributed by atoms with van der Waals surface area (Å²) < 4.78 is 0. The topological polar surface area (TPSA) is 0 Å². The maximum atomic E-state index is 2.43. The first kappa shape index (κ1) is 8.19. The lowest BCUT2D eigenvalue weighted by atomic mass is 10.3. The molecule has 0 aliphatic carbocycles. The van der Waals surface area contributed by atoms with E-state index in [-0.39, 0.29) is 0 Å². The van der Waals surface area contributed by atoms with Gasteiger partial charge in [0.1, 0.15) is 0 Å². The summed E-state index contributed by atoms with van der Waals surface area (Å²) in [7, 11) is 4.98. The normalized spacial score (nSPS) is 11.2. The van der Waals surface area contributed by atoms with Crippen molar-refractivity contribution in [1.82, 2.24) is 0 Å². The zero-order chi connectivity index (χ0) is 7.72. The Bertz CT molecular complexity index is 206. The molecule has 0 radical (unpaired) electrons. The lowest BCUT2D eigenvalue weighted by molar-refractivity contribution is 1.98. The van der Waals surface area contributed by atoms with Gasteiger partial charge in [-0.05, 0) is 0 Å². The van der Waals surface area contributed by atoms with Gasteiger partial charge >= 0.3 is 0 Å². The van der Waals surface area contributed by atoms with Crippen LogP contribution in [0, 0.1) is 0 Å². The molecule has 0 unspecified atom stereocenters. The minimum Gasteiger partial charge on any atom is -0.0726 e. The molecule has 0 saturated carbocycles. The fourth-order valence-corrected chi connectivity index (χ4v) is 4.57. The van der Waals surface area contributed by atoms with Gasteiger partial charge in [0, 0.05) is 41.0 Å². The van der Waals surface area contributed by atoms with Gasteiger partial charge in [-0.3, -0.25) is 0 Å². The van der Waals surface area contributed by atoms with Crippen molar-refractivity contribution in [2.75, 3.05) is 0 Å². The van der Waals surface area contributed by atoms with Crippen molar-refractivity contribution in [3.8, 4) is 0 Å². The summed E-state index contributed by atoms with van der Waals surface area (Å²) in [4.78, 5) is 0. The van der Waals surface area contributed by atoms with Crippen LogP contribution in [0.2, 0.25) is 0 Å². The highest BCUT2D eigenvalue weighted by molar-refractivity contribution is 6.55. The van der Waals surface area contributed by atoms with Crippen LogP contribution in [0.4, 0.5) is 0 Å². The van der Waals surface area contributed by atoms with Crippen molar-refractivity contribution in [1.29, 1.82) is 0 Å². The molecule has 10 heavy (non-hydrogen) atoms. The van der Waals surface area contributed by atoms with E-state index in [2.05, 4.69) is 12.1 Å². The Balaban J connectivity index is 3.28. The van der Waals surface area contributed by atoms with E-state index in [0.717, 1.165) is 0 Å². The Kier molecular flexibility index (Phi) is 2.45. The van der Waals surface area contributed by atoms with Crippen LogP contribution in [0.1, 0.15) is 0 Å². The second-order valence-electron chi connectivity index (χ2n) is 3.02. The number of rotatable bonds is 0. The molecule has 0 aromatic heterocycles. The molecular formula is C6H14Si4. The molecule has 0 heterocycles. The van der Waals surface area contributed by atoms with Gasteiger partial charge < -0.3 is 0 Å². The van der Waals surface area contributed by atoms with Crippen LogP contribution in [-0.4, -0.2) is 41.0 Å². The molecule has 1 aromatic rings. The number of hydrogen-bond donors (Lipinski definition) is 0. The van der Waals surface area contributed by atoms with E-state index in [0.29, 0.717) is 0 Å². The van der Waals surface area contributed by atoms with Crippen molar-refractivity contribution in [3.05, 3.63) is 12.1 Å². The van der Waals surface area contributed by atoms with Crippen molar-refractivity contribution in [2.24, 2.45) is 0 Å². The lowest BCUT2D eigenvalue weighted by Crippen LogP contribution is -2.38. The summed E-state index contributed by atoms with van der Waals surface area (Å²) >= 11 is 0. The lowest BCUT2D eigenvalue weighted by Gasteiger charge is -2.04. The van der Waals surface area contributed by atoms with Gasteiger partial charge in [0.2, 0.25) is 0 Å². The molecule has 0 aliphatic rings. The van der Waals surface area contributed by atoms with Crippen LogP contribution in [0.15, 0.2) is 12.1 Å². The highest BCUT2D eigenvalue weighted by Crippen LogP contribution is 1.66. The molecule has 0 N–H and O–H groups in total. The monoisotopic (exact) mass is 198 g/mol. The summed E-state index contributed by atoms with van der Waals surface area (Å²) in [5.74, 6) is 0. The number of benzene rings is 1. The summed E-state index contributed by atoms with van der Waals surface area (Å²) in [5.41, 5.74) is 0. The van der Waals surface area contributed by atoms with Gasteiger partial charge in [-0.1, -0.05) is 32.9 Å². The average Bonchev–Trinajstić information content (AvgIpc) is 1.84. The summed E-state index contributed by atoms with van der Waals surface area (Å²) in [5, 5.41) is 6.60. The van der Waals surface area contributed by atoms with E-state index >= 15 is 0 Å². The molecule has 0 bridgehead atoms. The minimum atomic E-state index is 1.24. The molecule has 0 nitrogen and oxygen atoms in total. The summed E-state index contributed by atoms with van der Waals surface area (Å²) in [6.45, 7) is 0. The fraction of sp³-hybridized carbons (Fsp3) is 0. The Morgan fingerprint density at radius 3 is 1.00 bits per heavy atom. The first-order valence-electron chi connectivity index (χ1n) is 3.65. The van der Waals surface area contributed by atoms with Gasteiger partial charge in [-0.15, -0.1) is 0 Å². The quantitative estimate of drug-likeness (QED) is 0.364. The molecule has 0 amide bonds. The largest absolute Gasteiger partial charge is 0.0726 e. The standard InChI is InChI=1S/C6H14Si4/c7-3-1-4(8)6(10)2-5(3)9/h1-2H,7-10H3. The first-order valence-corrected chi connectivity index (χ1v) is 7.65. The Hall–Kier alpha value is 0.0875. The van der Waals surface area contributed by atoms with Crippen molar-refractivity contribution in [2.45, 2.75) is 0 Å². The molecule has 0 saturated heterocycles.